The average molecular weight is 485 g/mol. The standard InChI is InChI=1S/C34H44O2/c1-33(2,3)28-24-20-27(21-25-28)32(35)17-11-10-12-26-18-22-31(23-19-26)34(36,29-13-6-4-7-14-29)30-15-8-5-9-16-30/h4-9,13-16,20-21,24-26,31-32,35-36H,10-12,17-19,22-23H2,1-3H3. The van der Waals surface area contributed by atoms with Crippen LogP contribution in [0.15, 0.2) is 84.9 Å². The third-order valence-electron chi connectivity index (χ3n) is 8.37. The number of hydrogen-bond donors (Lipinski definition) is 2. The van der Waals surface area contributed by atoms with Crippen molar-refractivity contribution in [1.29, 1.82) is 0 Å². The molecule has 1 aliphatic carbocycles. The van der Waals surface area contributed by atoms with E-state index in [1.807, 2.05) is 36.4 Å². The van der Waals surface area contributed by atoms with Gasteiger partial charge in [-0.05, 0) is 58.8 Å². The maximum Gasteiger partial charge on any atom is 0.117 e. The molecule has 1 saturated carbocycles. The van der Waals surface area contributed by atoms with Crippen LogP contribution in [-0.4, -0.2) is 10.2 Å². The number of rotatable bonds is 9. The maximum absolute atomic E-state index is 12.1. The van der Waals surface area contributed by atoms with Gasteiger partial charge in [-0.15, -0.1) is 0 Å². The molecule has 2 nitrogen and oxygen atoms in total. The van der Waals surface area contributed by atoms with Gasteiger partial charge in [0.15, 0.2) is 0 Å². The number of aliphatic hydroxyl groups is 2. The Labute approximate surface area is 218 Å². The van der Waals surface area contributed by atoms with Crippen LogP contribution >= 0.6 is 0 Å². The van der Waals surface area contributed by atoms with Gasteiger partial charge in [0.05, 0.1) is 6.10 Å². The molecule has 0 spiro atoms. The van der Waals surface area contributed by atoms with Gasteiger partial charge in [0.2, 0.25) is 0 Å². The first kappa shape index (κ1) is 26.6. The molecule has 0 heterocycles. The van der Waals surface area contributed by atoms with E-state index in [0.29, 0.717) is 0 Å². The van der Waals surface area contributed by atoms with E-state index in [9.17, 15) is 10.2 Å². The summed E-state index contributed by atoms with van der Waals surface area (Å²) in [5.41, 5.74) is 3.55. The molecule has 0 aliphatic heterocycles. The zero-order valence-corrected chi connectivity index (χ0v) is 22.4. The second-order valence-corrected chi connectivity index (χ2v) is 11.9. The van der Waals surface area contributed by atoms with Gasteiger partial charge in [-0.2, -0.15) is 0 Å². The lowest BCUT2D eigenvalue weighted by atomic mass is 9.67. The summed E-state index contributed by atoms with van der Waals surface area (Å²) in [7, 11) is 0. The van der Waals surface area contributed by atoms with E-state index in [4.69, 9.17) is 0 Å². The average Bonchev–Trinajstić information content (AvgIpc) is 2.91. The van der Waals surface area contributed by atoms with Crippen LogP contribution in [0.5, 0.6) is 0 Å². The number of benzene rings is 3. The zero-order valence-electron chi connectivity index (χ0n) is 22.4. The van der Waals surface area contributed by atoms with Crippen molar-refractivity contribution >= 4 is 0 Å². The molecule has 2 N–H and O–H groups in total. The first-order chi connectivity index (χ1) is 17.3. The Bertz CT molecular complexity index is 1000. The Morgan fingerprint density at radius 1 is 0.694 bits per heavy atom. The van der Waals surface area contributed by atoms with Gasteiger partial charge >= 0.3 is 0 Å². The van der Waals surface area contributed by atoms with Gasteiger partial charge in [-0.3, -0.25) is 0 Å². The number of hydrogen-bond acceptors (Lipinski definition) is 2. The van der Waals surface area contributed by atoms with E-state index in [1.54, 1.807) is 0 Å². The molecule has 3 aromatic carbocycles. The van der Waals surface area contributed by atoms with Crippen LogP contribution in [0.4, 0.5) is 0 Å². The zero-order chi connectivity index (χ0) is 25.6. The van der Waals surface area contributed by atoms with Crippen LogP contribution in [0.3, 0.4) is 0 Å². The molecule has 36 heavy (non-hydrogen) atoms. The first-order valence-electron chi connectivity index (χ1n) is 13.9. The van der Waals surface area contributed by atoms with E-state index in [-0.39, 0.29) is 17.4 Å². The largest absolute Gasteiger partial charge is 0.388 e. The molecule has 1 atom stereocenters. The van der Waals surface area contributed by atoms with Crippen molar-refractivity contribution < 1.29 is 10.2 Å². The van der Waals surface area contributed by atoms with Gasteiger partial charge in [0.25, 0.3) is 0 Å². The van der Waals surface area contributed by atoms with E-state index in [1.165, 1.54) is 24.8 Å². The van der Waals surface area contributed by atoms with Crippen LogP contribution < -0.4 is 0 Å². The van der Waals surface area contributed by atoms with Crippen molar-refractivity contribution in [2.24, 2.45) is 11.8 Å². The van der Waals surface area contributed by atoms with Gasteiger partial charge in [-0.25, -0.2) is 0 Å². The first-order valence-corrected chi connectivity index (χ1v) is 13.9. The second-order valence-electron chi connectivity index (χ2n) is 11.9. The smallest absolute Gasteiger partial charge is 0.117 e. The van der Waals surface area contributed by atoms with E-state index < -0.39 is 5.60 Å². The molecule has 1 aliphatic rings. The van der Waals surface area contributed by atoms with Crippen molar-refractivity contribution in [3.05, 3.63) is 107 Å². The van der Waals surface area contributed by atoms with Crippen LogP contribution in [0.25, 0.3) is 0 Å². The summed E-state index contributed by atoms with van der Waals surface area (Å²) < 4.78 is 0. The fourth-order valence-corrected chi connectivity index (χ4v) is 6.03. The van der Waals surface area contributed by atoms with Crippen molar-refractivity contribution in [3.8, 4) is 0 Å². The van der Waals surface area contributed by atoms with Crippen molar-refractivity contribution in [1.82, 2.24) is 0 Å². The molecule has 0 bridgehead atoms. The highest BCUT2D eigenvalue weighted by Gasteiger charge is 2.41. The topological polar surface area (TPSA) is 40.5 Å². The summed E-state index contributed by atoms with van der Waals surface area (Å²) in [4.78, 5) is 0. The molecule has 0 amide bonds. The quantitative estimate of drug-likeness (QED) is 0.300. The summed E-state index contributed by atoms with van der Waals surface area (Å²) in [5, 5.41) is 22.7. The lowest BCUT2D eigenvalue weighted by Crippen LogP contribution is -2.38. The van der Waals surface area contributed by atoms with Crippen LogP contribution in [0.1, 0.15) is 100 Å². The number of unbranched alkanes of at least 4 members (excludes halogenated alkanes) is 1. The van der Waals surface area contributed by atoms with Gasteiger partial charge in [0.1, 0.15) is 5.60 Å². The van der Waals surface area contributed by atoms with Crippen molar-refractivity contribution in [2.45, 2.75) is 89.3 Å². The van der Waals surface area contributed by atoms with Crippen LogP contribution in [-0.2, 0) is 11.0 Å². The fraction of sp³-hybridized carbons (Fsp3) is 0.471. The third kappa shape index (κ3) is 6.28. The lowest BCUT2D eigenvalue weighted by Gasteiger charge is -2.41. The highest BCUT2D eigenvalue weighted by molar-refractivity contribution is 5.37. The van der Waals surface area contributed by atoms with E-state index in [0.717, 1.165) is 54.7 Å². The molecule has 192 valence electrons. The summed E-state index contributed by atoms with van der Waals surface area (Å²) in [5.74, 6) is 0.955. The Morgan fingerprint density at radius 3 is 1.72 bits per heavy atom. The van der Waals surface area contributed by atoms with E-state index >= 15 is 0 Å². The van der Waals surface area contributed by atoms with Crippen molar-refractivity contribution in [3.63, 3.8) is 0 Å². The maximum atomic E-state index is 12.1. The number of aliphatic hydroxyl groups excluding tert-OH is 1. The molecule has 0 radical (unpaired) electrons. The summed E-state index contributed by atoms with van der Waals surface area (Å²) >= 11 is 0. The van der Waals surface area contributed by atoms with Gasteiger partial charge < -0.3 is 10.2 Å². The summed E-state index contributed by atoms with van der Waals surface area (Å²) in [6, 6.07) is 28.9. The Kier molecular flexibility index (Phi) is 8.70. The summed E-state index contributed by atoms with van der Waals surface area (Å²) in [6.07, 6.45) is 8.33. The predicted octanol–water partition coefficient (Wildman–Crippen LogP) is 8.32. The minimum absolute atomic E-state index is 0.139. The Morgan fingerprint density at radius 2 is 1.22 bits per heavy atom. The third-order valence-corrected chi connectivity index (χ3v) is 8.37. The fourth-order valence-electron chi connectivity index (χ4n) is 6.03. The lowest BCUT2D eigenvalue weighted by molar-refractivity contribution is -0.00817. The van der Waals surface area contributed by atoms with E-state index in [2.05, 4.69) is 69.3 Å². The second kappa shape index (κ2) is 11.8. The Balaban J connectivity index is 1.27. The molecule has 3 aromatic rings. The van der Waals surface area contributed by atoms with Crippen LogP contribution in [0, 0.1) is 11.8 Å². The van der Waals surface area contributed by atoms with Crippen LogP contribution in [0.2, 0.25) is 0 Å². The molecule has 4 rings (SSSR count). The molecular weight excluding hydrogens is 440 g/mol. The molecule has 1 fully saturated rings. The normalized spacial score (nSPS) is 19.7. The minimum Gasteiger partial charge on any atom is -0.388 e. The monoisotopic (exact) mass is 484 g/mol. The molecule has 0 saturated heterocycles. The molecule has 0 aromatic heterocycles. The van der Waals surface area contributed by atoms with Gasteiger partial charge in [0, 0.05) is 0 Å². The summed E-state index contributed by atoms with van der Waals surface area (Å²) in [6.45, 7) is 6.65. The molecule has 2 heteroatoms. The highest BCUT2D eigenvalue weighted by atomic mass is 16.3. The van der Waals surface area contributed by atoms with Crippen molar-refractivity contribution in [2.75, 3.05) is 0 Å². The Hall–Kier alpha value is -2.42. The molecule has 1 unspecified atom stereocenters. The predicted molar refractivity (Wildman–Crippen MR) is 150 cm³/mol. The highest BCUT2D eigenvalue weighted by Crippen LogP contribution is 2.46. The SMILES string of the molecule is CC(C)(C)c1ccc(C(O)CCCCC2CCC(C(O)(c3ccccc3)c3ccccc3)CC2)cc1. The minimum atomic E-state index is -0.930. The molecular formula is C34H44O2. The van der Waals surface area contributed by atoms with Gasteiger partial charge in [-0.1, -0.05) is 138 Å².